The third-order valence-electron chi connectivity index (χ3n) is 6.45. The van der Waals surface area contributed by atoms with Crippen LogP contribution < -0.4 is 27.0 Å². The Hall–Kier alpha value is -3.75. The van der Waals surface area contributed by atoms with Crippen molar-refractivity contribution in [1.29, 1.82) is 0 Å². The highest BCUT2D eigenvalue weighted by Crippen LogP contribution is 2.23. The number of nitrogens with one attached hydrogen (secondary N) is 4. The lowest BCUT2D eigenvalue weighted by molar-refractivity contribution is -0.218. The molecular weight excluding hydrogens is 514 g/mol. The van der Waals surface area contributed by atoms with E-state index in [0.29, 0.717) is 37.9 Å². The molecule has 0 spiro atoms. The summed E-state index contributed by atoms with van der Waals surface area (Å²) in [5.41, 5.74) is 6.23. The van der Waals surface area contributed by atoms with E-state index in [1.54, 1.807) is 30.3 Å². The fraction of sp³-hybridized carbons (Fsp3) is 0.560. The molecule has 216 valence electrons. The standard InChI is InChI=1S/C25H37N5O9/c1-39-23(34)25(37,38)19(14-16-10-12-27-20(16)31)30-21(32)17(9-5-6-11-26)28-22(33)18(29-24(35)36)13-15-7-3-2-4-8-15/h2-4,7-8,16-19,29,37-38H,5-6,9-14,26H2,1H3,(H,27,31)(H,28,33)(H,30,32)(H,35,36)/t16-,17-,18-,19-/m0/s1. The lowest BCUT2D eigenvalue weighted by Crippen LogP contribution is -2.62. The van der Waals surface area contributed by atoms with Crippen LogP contribution in [0.5, 0.6) is 0 Å². The van der Waals surface area contributed by atoms with Crippen molar-refractivity contribution in [3.8, 4) is 0 Å². The molecule has 0 bridgehead atoms. The Morgan fingerprint density at radius 3 is 2.31 bits per heavy atom. The topological polar surface area (TPSA) is 229 Å². The van der Waals surface area contributed by atoms with Crippen LogP contribution in [0.3, 0.4) is 0 Å². The number of unbranched alkanes of at least 4 members (excludes halogenated alkanes) is 1. The van der Waals surface area contributed by atoms with E-state index in [1.807, 2.05) is 0 Å². The summed E-state index contributed by atoms with van der Waals surface area (Å²) in [6.45, 7) is 0.668. The van der Waals surface area contributed by atoms with Crippen molar-refractivity contribution in [3.05, 3.63) is 35.9 Å². The Bertz CT molecular complexity index is 1000. The molecule has 1 aliphatic heterocycles. The highest BCUT2D eigenvalue weighted by Gasteiger charge is 2.47. The van der Waals surface area contributed by atoms with Gasteiger partial charge in [-0.15, -0.1) is 0 Å². The first-order chi connectivity index (χ1) is 18.5. The smallest absolute Gasteiger partial charge is 0.405 e. The van der Waals surface area contributed by atoms with E-state index in [0.717, 1.165) is 7.11 Å². The summed E-state index contributed by atoms with van der Waals surface area (Å²) in [7, 11) is 0.933. The lowest BCUT2D eigenvalue weighted by atomic mass is 9.92. The van der Waals surface area contributed by atoms with E-state index in [-0.39, 0.29) is 25.2 Å². The minimum atomic E-state index is -3.17. The molecule has 1 saturated heterocycles. The molecule has 0 saturated carbocycles. The summed E-state index contributed by atoms with van der Waals surface area (Å²) in [4.78, 5) is 62.0. The molecule has 0 radical (unpaired) electrons. The maximum Gasteiger partial charge on any atom is 0.405 e. The number of carbonyl (C=O) groups excluding carboxylic acids is 4. The van der Waals surface area contributed by atoms with Crippen molar-refractivity contribution in [2.75, 3.05) is 20.2 Å². The van der Waals surface area contributed by atoms with Crippen LogP contribution in [0.2, 0.25) is 0 Å². The first-order valence-electron chi connectivity index (χ1n) is 12.6. The van der Waals surface area contributed by atoms with Gasteiger partial charge in [-0.25, -0.2) is 9.59 Å². The van der Waals surface area contributed by atoms with Gasteiger partial charge in [0, 0.05) is 18.9 Å². The van der Waals surface area contributed by atoms with E-state index in [9.17, 15) is 39.3 Å². The van der Waals surface area contributed by atoms with Gasteiger partial charge in [0.1, 0.15) is 12.1 Å². The van der Waals surface area contributed by atoms with Crippen LogP contribution in [0.4, 0.5) is 4.79 Å². The van der Waals surface area contributed by atoms with Gasteiger partial charge in [-0.05, 0) is 44.2 Å². The molecule has 14 heteroatoms. The monoisotopic (exact) mass is 551 g/mol. The predicted octanol–water partition coefficient (Wildman–Crippen LogP) is -1.66. The summed E-state index contributed by atoms with van der Waals surface area (Å²) in [6.07, 6.45) is -0.374. The Morgan fingerprint density at radius 2 is 1.74 bits per heavy atom. The molecule has 4 atom stereocenters. The van der Waals surface area contributed by atoms with Crippen molar-refractivity contribution in [2.24, 2.45) is 11.7 Å². The molecule has 14 nitrogen and oxygen atoms in total. The van der Waals surface area contributed by atoms with Crippen molar-refractivity contribution in [1.82, 2.24) is 21.3 Å². The van der Waals surface area contributed by atoms with E-state index < -0.39 is 53.7 Å². The number of hydrogen-bond donors (Lipinski definition) is 8. The Morgan fingerprint density at radius 1 is 1.08 bits per heavy atom. The molecule has 39 heavy (non-hydrogen) atoms. The zero-order valence-electron chi connectivity index (χ0n) is 21.7. The quantitative estimate of drug-likeness (QED) is 0.0703. The van der Waals surface area contributed by atoms with E-state index >= 15 is 0 Å². The summed E-state index contributed by atoms with van der Waals surface area (Å²) >= 11 is 0. The normalized spacial score (nSPS) is 17.3. The maximum atomic E-state index is 13.3. The van der Waals surface area contributed by atoms with Crippen LogP contribution >= 0.6 is 0 Å². The second-order valence-electron chi connectivity index (χ2n) is 9.33. The van der Waals surface area contributed by atoms with Gasteiger partial charge in [0.05, 0.1) is 13.2 Å². The first-order valence-corrected chi connectivity index (χ1v) is 12.6. The van der Waals surface area contributed by atoms with E-state index in [1.165, 1.54) is 0 Å². The number of amides is 4. The molecule has 0 aromatic heterocycles. The molecule has 1 aromatic carbocycles. The lowest BCUT2D eigenvalue weighted by Gasteiger charge is -2.32. The van der Waals surface area contributed by atoms with Gasteiger partial charge in [0.15, 0.2) is 0 Å². The Labute approximate surface area is 225 Å². The van der Waals surface area contributed by atoms with Crippen molar-refractivity contribution in [3.63, 3.8) is 0 Å². The SMILES string of the molecule is COC(=O)C(O)(O)[C@H](C[C@@H]1CCNC1=O)NC(=O)[C@H](CCCCN)NC(=O)[C@H](Cc1ccccc1)NC(=O)O. The molecule has 0 aliphatic carbocycles. The summed E-state index contributed by atoms with van der Waals surface area (Å²) in [5, 5.41) is 40.0. The van der Waals surface area contributed by atoms with Crippen LogP contribution in [-0.2, 0) is 30.3 Å². The van der Waals surface area contributed by atoms with E-state index in [2.05, 4.69) is 26.0 Å². The Kier molecular flexibility index (Phi) is 12.1. The third-order valence-corrected chi connectivity index (χ3v) is 6.45. The molecule has 0 unspecified atom stereocenters. The number of carboxylic acid groups (broad SMARTS) is 1. The van der Waals surface area contributed by atoms with Crippen LogP contribution in [-0.4, -0.2) is 89.2 Å². The average molecular weight is 552 g/mol. The largest absolute Gasteiger partial charge is 0.465 e. The number of hydrogen-bond acceptors (Lipinski definition) is 9. The number of rotatable bonds is 15. The zero-order chi connectivity index (χ0) is 29.0. The van der Waals surface area contributed by atoms with Crippen molar-refractivity contribution >= 4 is 29.8 Å². The van der Waals surface area contributed by atoms with Crippen molar-refractivity contribution in [2.45, 2.75) is 62.4 Å². The van der Waals surface area contributed by atoms with Gasteiger partial charge in [-0.1, -0.05) is 30.3 Å². The number of ether oxygens (including phenoxy) is 1. The summed E-state index contributed by atoms with van der Waals surface area (Å²) in [6, 6.07) is 4.53. The first kappa shape index (κ1) is 31.5. The number of benzene rings is 1. The van der Waals surface area contributed by atoms with Crippen LogP contribution in [0.25, 0.3) is 0 Å². The predicted molar refractivity (Wildman–Crippen MR) is 137 cm³/mol. The van der Waals surface area contributed by atoms with Gasteiger partial charge in [-0.2, -0.15) is 0 Å². The number of carbonyl (C=O) groups is 5. The van der Waals surface area contributed by atoms with Gasteiger partial charge in [-0.3, -0.25) is 14.4 Å². The molecule has 2 rings (SSSR count). The number of nitrogens with two attached hydrogens (primary N) is 1. The van der Waals surface area contributed by atoms with Gasteiger partial charge in [0.25, 0.3) is 5.79 Å². The summed E-state index contributed by atoms with van der Waals surface area (Å²) in [5.74, 6) is -7.34. The highest BCUT2D eigenvalue weighted by atomic mass is 16.6. The molecule has 1 heterocycles. The molecule has 9 N–H and O–H groups in total. The molecule has 1 fully saturated rings. The molecular formula is C25H37N5O9. The van der Waals surface area contributed by atoms with Gasteiger partial charge in [0.2, 0.25) is 17.7 Å². The fourth-order valence-corrected chi connectivity index (χ4v) is 4.29. The second kappa shape index (κ2) is 15.0. The second-order valence-corrected chi connectivity index (χ2v) is 9.33. The van der Waals surface area contributed by atoms with Gasteiger partial charge < -0.3 is 47.1 Å². The average Bonchev–Trinajstić information content (AvgIpc) is 3.31. The summed E-state index contributed by atoms with van der Waals surface area (Å²) < 4.78 is 4.46. The zero-order valence-corrected chi connectivity index (χ0v) is 21.7. The number of methoxy groups -OCH3 is 1. The fourth-order valence-electron chi connectivity index (χ4n) is 4.29. The third kappa shape index (κ3) is 9.50. The molecule has 1 aromatic rings. The number of aliphatic hydroxyl groups is 2. The minimum absolute atomic E-state index is 0.00820. The molecule has 1 aliphatic rings. The van der Waals surface area contributed by atoms with Gasteiger partial charge >= 0.3 is 12.1 Å². The Balaban J connectivity index is 2.26. The van der Waals surface area contributed by atoms with Crippen LogP contribution in [0.15, 0.2) is 30.3 Å². The van der Waals surface area contributed by atoms with E-state index in [4.69, 9.17) is 5.73 Å². The van der Waals surface area contributed by atoms with Crippen molar-refractivity contribution < 1.29 is 44.0 Å². The highest BCUT2D eigenvalue weighted by molar-refractivity contribution is 5.92. The minimum Gasteiger partial charge on any atom is -0.465 e. The molecule has 4 amide bonds. The van der Waals surface area contributed by atoms with Crippen LogP contribution in [0, 0.1) is 5.92 Å². The van der Waals surface area contributed by atoms with Crippen LogP contribution in [0.1, 0.15) is 37.7 Å². The number of esters is 1. The maximum absolute atomic E-state index is 13.3.